The van der Waals surface area contributed by atoms with E-state index in [1.165, 1.54) is 12.5 Å². The smallest absolute Gasteiger partial charge is 0.270 e. The Kier molecular flexibility index (Phi) is 5.02. The lowest BCUT2D eigenvalue weighted by atomic mass is 9.80. The Labute approximate surface area is 127 Å². The Balaban J connectivity index is 2.11. The van der Waals surface area contributed by atoms with Crippen LogP contribution in [0.1, 0.15) is 38.7 Å². The van der Waals surface area contributed by atoms with Crippen molar-refractivity contribution in [3.05, 3.63) is 33.9 Å². The van der Waals surface area contributed by atoms with Gasteiger partial charge >= 0.3 is 0 Å². The number of ether oxygens (including phenoxy) is 1. The second-order valence-corrected chi connectivity index (χ2v) is 6.25. The summed E-state index contributed by atoms with van der Waals surface area (Å²) in [5.41, 5.74) is 0.947. The van der Waals surface area contributed by atoms with Gasteiger partial charge < -0.3 is 4.74 Å². The molecule has 3 unspecified atom stereocenters. The molecule has 0 saturated heterocycles. The van der Waals surface area contributed by atoms with E-state index in [9.17, 15) is 10.1 Å². The van der Waals surface area contributed by atoms with E-state index in [4.69, 9.17) is 4.74 Å². The van der Waals surface area contributed by atoms with E-state index in [0.29, 0.717) is 11.2 Å². The highest BCUT2D eigenvalue weighted by Crippen LogP contribution is 2.34. The highest BCUT2D eigenvalue weighted by Gasteiger charge is 2.26. The van der Waals surface area contributed by atoms with E-state index < -0.39 is 0 Å². The van der Waals surface area contributed by atoms with Crippen molar-refractivity contribution in [2.75, 3.05) is 0 Å². The maximum Gasteiger partial charge on any atom is 0.270 e. The van der Waals surface area contributed by atoms with E-state index in [0.717, 1.165) is 30.1 Å². The highest BCUT2D eigenvalue weighted by atomic mass is 79.9. The van der Waals surface area contributed by atoms with Crippen LogP contribution in [0.5, 0.6) is 5.75 Å². The van der Waals surface area contributed by atoms with Crippen molar-refractivity contribution in [3.8, 4) is 5.75 Å². The summed E-state index contributed by atoms with van der Waals surface area (Å²) in [5.74, 6) is 2.18. The van der Waals surface area contributed by atoms with Gasteiger partial charge in [-0.15, -0.1) is 0 Å². The molecule has 0 spiro atoms. The number of halogens is 1. The lowest BCUT2D eigenvalue weighted by Gasteiger charge is -2.32. The average Bonchev–Trinajstić information content (AvgIpc) is 2.43. The lowest BCUT2D eigenvalue weighted by molar-refractivity contribution is -0.384. The molecule has 5 heteroatoms. The molecule has 110 valence electrons. The molecule has 0 bridgehead atoms. The normalized spacial score (nSPS) is 26.2. The number of rotatable bonds is 4. The summed E-state index contributed by atoms with van der Waals surface area (Å²) >= 11 is 3.38. The van der Waals surface area contributed by atoms with Crippen LogP contribution >= 0.6 is 15.9 Å². The van der Waals surface area contributed by atoms with Gasteiger partial charge in [0.2, 0.25) is 0 Å². The molecule has 1 saturated carbocycles. The molecule has 0 radical (unpaired) electrons. The van der Waals surface area contributed by atoms with Gasteiger partial charge in [0.05, 0.1) is 11.0 Å². The number of nitrogens with zero attached hydrogens (tertiary/aromatic N) is 1. The minimum absolute atomic E-state index is 0.109. The molecular formula is C15H20BrNO3. The number of hydrogen-bond donors (Lipinski definition) is 0. The van der Waals surface area contributed by atoms with Crippen LogP contribution in [-0.4, -0.2) is 11.0 Å². The molecule has 1 aliphatic rings. The van der Waals surface area contributed by atoms with Crippen LogP contribution in [0.25, 0.3) is 0 Å². The van der Waals surface area contributed by atoms with Crippen molar-refractivity contribution < 1.29 is 9.66 Å². The third-order valence-electron chi connectivity index (χ3n) is 4.24. The molecule has 20 heavy (non-hydrogen) atoms. The molecule has 1 aliphatic carbocycles. The van der Waals surface area contributed by atoms with Crippen molar-refractivity contribution in [2.24, 2.45) is 11.8 Å². The van der Waals surface area contributed by atoms with Crippen LogP contribution in [0, 0.1) is 22.0 Å². The molecule has 3 atom stereocenters. The first-order valence-corrected chi connectivity index (χ1v) is 8.13. The molecule has 0 amide bonds. The van der Waals surface area contributed by atoms with Crippen molar-refractivity contribution in [1.29, 1.82) is 0 Å². The van der Waals surface area contributed by atoms with Crippen LogP contribution in [0.4, 0.5) is 5.69 Å². The second kappa shape index (κ2) is 6.57. The number of alkyl halides is 1. The molecule has 4 nitrogen and oxygen atoms in total. The Bertz CT molecular complexity index is 492. The largest absolute Gasteiger partial charge is 0.490 e. The predicted molar refractivity (Wildman–Crippen MR) is 82.3 cm³/mol. The topological polar surface area (TPSA) is 52.4 Å². The van der Waals surface area contributed by atoms with Gasteiger partial charge in [-0.1, -0.05) is 29.8 Å². The maximum atomic E-state index is 10.8. The summed E-state index contributed by atoms with van der Waals surface area (Å²) in [6.45, 7) is 4.55. The second-order valence-electron chi connectivity index (χ2n) is 5.69. The zero-order valence-electron chi connectivity index (χ0n) is 11.8. The number of benzene rings is 1. The quantitative estimate of drug-likeness (QED) is 0.453. The van der Waals surface area contributed by atoms with E-state index in [-0.39, 0.29) is 16.7 Å². The van der Waals surface area contributed by atoms with Gasteiger partial charge in [0, 0.05) is 23.0 Å². The number of nitro benzene ring substituents is 1. The summed E-state index contributed by atoms with van der Waals surface area (Å²) < 4.78 is 6.08. The fraction of sp³-hybridized carbons (Fsp3) is 0.600. The fourth-order valence-corrected chi connectivity index (χ4v) is 3.12. The average molecular weight is 342 g/mol. The Morgan fingerprint density at radius 1 is 1.35 bits per heavy atom. The first-order valence-electron chi connectivity index (χ1n) is 7.01. The van der Waals surface area contributed by atoms with Gasteiger partial charge in [-0.3, -0.25) is 10.1 Å². The van der Waals surface area contributed by atoms with E-state index in [1.54, 1.807) is 12.1 Å². The highest BCUT2D eigenvalue weighted by molar-refractivity contribution is 9.08. The van der Waals surface area contributed by atoms with Crippen LogP contribution in [-0.2, 0) is 5.33 Å². The summed E-state index contributed by atoms with van der Waals surface area (Å²) in [5, 5.41) is 11.4. The van der Waals surface area contributed by atoms with Gasteiger partial charge in [-0.05, 0) is 37.2 Å². The third kappa shape index (κ3) is 3.51. The number of hydrogen-bond acceptors (Lipinski definition) is 3. The van der Waals surface area contributed by atoms with Gasteiger partial charge in [0.15, 0.2) is 0 Å². The lowest BCUT2D eigenvalue weighted by Crippen LogP contribution is -2.29. The molecule has 0 aliphatic heterocycles. The molecular weight excluding hydrogens is 322 g/mol. The van der Waals surface area contributed by atoms with Crippen molar-refractivity contribution >= 4 is 21.6 Å². The molecule has 2 rings (SSSR count). The maximum absolute atomic E-state index is 10.8. The van der Waals surface area contributed by atoms with Gasteiger partial charge in [0.25, 0.3) is 5.69 Å². The standard InChI is InChI=1S/C15H20BrNO3/c1-10-3-5-14(7-11(10)2)20-15-6-4-13(17(18)19)8-12(15)9-16/h4,6,8,10-11,14H,3,5,7,9H2,1-2H3. The predicted octanol–water partition coefficient (Wildman–Crippen LogP) is 4.69. The Hall–Kier alpha value is -1.10. The first-order chi connectivity index (χ1) is 9.51. The van der Waals surface area contributed by atoms with E-state index in [2.05, 4.69) is 29.8 Å². The summed E-state index contributed by atoms with van der Waals surface area (Å²) in [6.07, 6.45) is 3.52. The van der Waals surface area contributed by atoms with Crippen LogP contribution in [0.15, 0.2) is 18.2 Å². The monoisotopic (exact) mass is 341 g/mol. The first kappa shape index (κ1) is 15.3. The number of nitro groups is 1. The minimum atomic E-state index is -0.375. The van der Waals surface area contributed by atoms with Crippen LogP contribution in [0.2, 0.25) is 0 Å². The van der Waals surface area contributed by atoms with E-state index in [1.807, 2.05) is 0 Å². The van der Waals surface area contributed by atoms with Crippen LogP contribution in [0.3, 0.4) is 0 Å². The van der Waals surface area contributed by atoms with Gasteiger partial charge in [-0.25, -0.2) is 0 Å². The molecule has 1 aromatic rings. The Morgan fingerprint density at radius 2 is 2.10 bits per heavy atom. The SMILES string of the molecule is CC1CCC(Oc2ccc([N+](=O)[O-])cc2CBr)CC1C. The molecule has 1 aromatic carbocycles. The zero-order chi connectivity index (χ0) is 14.7. The third-order valence-corrected chi connectivity index (χ3v) is 4.85. The summed E-state index contributed by atoms with van der Waals surface area (Å²) in [6, 6.07) is 4.81. The molecule has 0 N–H and O–H groups in total. The summed E-state index contributed by atoms with van der Waals surface area (Å²) in [7, 11) is 0. The van der Waals surface area contributed by atoms with Crippen molar-refractivity contribution in [2.45, 2.75) is 44.5 Å². The summed E-state index contributed by atoms with van der Waals surface area (Å²) in [4.78, 5) is 10.4. The molecule has 0 aromatic heterocycles. The number of non-ortho nitro benzene ring substituents is 1. The Morgan fingerprint density at radius 3 is 2.70 bits per heavy atom. The fourth-order valence-electron chi connectivity index (χ4n) is 2.68. The van der Waals surface area contributed by atoms with Crippen LogP contribution < -0.4 is 4.74 Å². The molecule has 0 heterocycles. The van der Waals surface area contributed by atoms with Crippen molar-refractivity contribution in [1.82, 2.24) is 0 Å². The minimum Gasteiger partial charge on any atom is -0.490 e. The molecule has 1 fully saturated rings. The zero-order valence-corrected chi connectivity index (χ0v) is 13.4. The van der Waals surface area contributed by atoms with Gasteiger partial charge in [-0.2, -0.15) is 0 Å². The van der Waals surface area contributed by atoms with Gasteiger partial charge in [0.1, 0.15) is 5.75 Å². The van der Waals surface area contributed by atoms with Crippen molar-refractivity contribution in [3.63, 3.8) is 0 Å². The van der Waals surface area contributed by atoms with E-state index >= 15 is 0 Å².